The maximum absolute atomic E-state index is 12.1. The Balaban J connectivity index is 2.67. The number of carbonyl (C=O) groups is 2. The summed E-state index contributed by atoms with van der Waals surface area (Å²) in [6, 6.07) is -0.797. The Morgan fingerprint density at radius 1 is 1.38 bits per heavy atom. The molecule has 3 N–H and O–H groups in total. The molecule has 0 radical (unpaired) electrons. The maximum atomic E-state index is 12.1. The van der Waals surface area contributed by atoms with Gasteiger partial charge in [-0.15, -0.1) is 0 Å². The first-order chi connectivity index (χ1) is 9.53. The molecule has 0 aliphatic carbocycles. The number of carbonyl (C=O) groups excluding carboxylic acids is 1. The number of carboxylic acids is 1. The smallest absolute Gasteiger partial charge is 0.306 e. The zero-order chi connectivity index (χ0) is 16.3. The lowest BCUT2D eigenvalue weighted by Gasteiger charge is -2.33. The lowest BCUT2D eigenvalue weighted by Crippen LogP contribution is -2.53. The van der Waals surface area contributed by atoms with Gasteiger partial charge in [0.15, 0.2) is 0 Å². The third-order valence-electron chi connectivity index (χ3n) is 3.36. The van der Waals surface area contributed by atoms with Crippen LogP contribution in [0.25, 0.3) is 0 Å². The zero-order valence-electron chi connectivity index (χ0n) is 12.2. The van der Waals surface area contributed by atoms with E-state index in [9.17, 15) is 23.1 Å². The quantitative estimate of drug-likeness (QED) is 0.585. The minimum Gasteiger partial charge on any atom is -0.481 e. The van der Waals surface area contributed by atoms with E-state index in [-0.39, 0.29) is 6.54 Å². The van der Waals surface area contributed by atoms with Gasteiger partial charge in [-0.2, -0.15) is 4.31 Å². The molecule has 2 atom stereocenters. The average Bonchev–Trinajstić information content (AvgIpc) is 2.33. The fourth-order valence-electron chi connectivity index (χ4n) is 2.35. The lowest BCUT2D eigenvalue weighted by atomic mass is 10.0. The molecule has 0 aromatic rings. The van der Waals surface area contributed by atoms with Crippen molar-refractivity contribution in [1.29, 1.82) is 0 Å². The van der Waals surface area contributed by atoms with Crippen LogP contribution in [0, 0.1) is 0 Å². The van der Waals surface area contributed by atoms with Gasteiger partial charge in [-0.3, -0.25) is 9.59 Å². The molecule has 1 fully saturated rings. The summed E-state index contributed by atoms with van der Waals surface area (Å²) >= 11 is 0. The molecule has 0 saturated carbocycles. The van der Waals surface area contributed by atoms with Gasteiger partial charge in [0.05, 0.1) is 18.3 Å². The molecule has 0 aromatic heterocycles. The van der Waals surface area contributed by atoms with Crippen molar-refractivity contribution < 1.29 is 28.2 Å². The van der Waals surface area contributed by atoms with Gasteiger partial charge < -0.3 is 15.5 Å². The molecule has 2 unspecified atom stereocenters. The summed E-state index contributed by atoms with van der Waals surface area (Å²) in [4.78, 5) is 22.7. The highest BCUT2D eigenvalue weighted by Gasteiger charge is 2.35. The molecular weight excluding hydrogens is 300 g/mol. The van der Waals surface area contributed by atoms with Crippen molar-refractivity contribution in [3.05, 3.63) is 0 Å². The number of sulfonamides is 1. The van der Waals surface area contributed by atoms with Crippen LogP contribution < -0.4 is 5.32 Å². The fourth-order valence-corrected chi connectivity index (χ4v) is 3.47. The van der Waals surface area contributed by atoms with Crippen molar-refractivity contribution in [2.75, 3.05) is 19.3 Å². The minimum absolute atomic E-state index is 0.244. The normalized spacial score (nSPS) is 23.3. The van der Waals surface area contributed by atoms with Crippen LogP contribution in [0.2, 0.25) is 0 Å². The summed E-state index contributed by atoms with van der Waals surface area (Å²) in [5, 5.41) is 20.9. The summed E-state index contributed by atoms with van der Waals surface area (Å²) in [5.74, 6) is -1.68. The monoisotopic (exact) mass is 322 g/mol. The number of aliphatic carboxylic acids is 1. The van der Waals surface area contributed by atoms with Gasteiger partial charge in [-0.1, -0.05) is 6.42 Å². The van der Waals surface area contributed by atoms with Crippen molar-refractivity contribution in [3.8, 4) is 0 Å². The standard InChI is InChI=1S/C12H22N2O6S/c1-12(18,7-10(15)16)8-13-11(17)9-5-3-4-6-14(9)21(2,19)20/h9,18H,3-8H2,1-2H3,(H,13,17)(H,15,16). The van der Waals surface area contributed by atoms with Crippen LogP contribution in [-0.4, -0.2) is 65.8 Å². The molecule has 1 aliphatic heterocycles. The Morgan fingerprint density at radius 3 is 2.52 bits per heavy atom. The van der Waals surface area contributed by atoms with Gasteiger partial charge in [0.25, 0.3) is 0 Å². The van der Waals surface area contributed by atoms with Crippen LogP contribution in [0.5, 0.6) is 0 Å². The Labute approximate surface area is 124 Å². The van der Waals surface area contributed by atoms with Gasteiger partial charge in [0.1, 0.15) is 6.04 Å². The first-order valence-corrected chi connectivity index (χ1v) is 8.56. The Morgan fingerprint density at radius 2 is 2.00 bits per heavy atom. The molecule has 0 spiro atoms. The van der Waals surface area contributed by atoms with Crippen LogP contribution in [-0.2, 0) is 19.6 Å². The summed E-state index contributed by atoms with van der Waals surface area (Å²) < 4.78 is 24.5. The Hall–Kier alpha value is -1.19. The van der Waals surface area contributed by atoms with Crippen LogP contribution in [0.3, 0.4) is 0 Å². The third kappa shape index (κ3) is 5.60. The number of carboxylic acid groups (broad SMARTS) is 1. The maximum Gasteiger partial charge on any atom is 0.306 e. The average molecular weight is 322 g/mol. The molecule has 21 heavy (non-hydrogen) atoms. The number of nitrogens with zero attached hydrogens (tertiary/aromatic N) is 1. The summed E-state index contributed by atoms with van der Waals surface area (Å²) in [6.07, 6.45) is 2.41. The Kier molecular flexibility index (Phi) is 5.71. The van der Waals surface area contributed by atoms with E-state index >= 15 is 0 Å². The van der Waals surface area contributed by atoms with Crippen LogP contribution in [0.4, 0.5) is 0 Å². The highest BCUT2D eigenvalue weighted by molar-refractivity contribution is 7.88. The van der Waals surface area contributed by atoms with Crippen molar-refractivity contribution in [3.63, 3.8) is 0 Å². The molecular formula is C12H22N2O6S. The number of aliphatic hydroxyl groups is 1. The lowest BCUT2D eigenvalue weighted by molar-refractivity contribution is -0.142. The summed E-state index contributed by atoms with van der Waals surface area (Å²) in [6.45, 7) is 1.35. The second-order valence-corrected chi connectivity index (χ2v) is 7.61. The van der Waals surface area contributed by atoms with Gasteiger partial charge in [-0.05, 0) is 19.8 Å². The molecule has 8 nitrogen and oxygen atoms in total. The summed E-state index contributed by atoms with van der Waals surface area (Å²) in [5.41, 5.74) is -1.58. The molecule has 122 valence electrons. The molecule has 1 aliphatic rings. The molecule has 1 rings (SSSR count). The molecule has 1 amide bonds. The topological polar surface area (TPSA) is 124 Å². The van der Waals surface area contributed by atoms with Gasteiger partial charge >= 0.3 is 5.97 Å². The van der Waals surface area contributed by atoms with E-state index in [4.69, 9.17) is 5.11 Å². The minimum atomic E-state index is -3.48. The zero-order valence-corrected chi connectivity index (χ0v) is 13.0. The summed E-state index contributed by atoms with van der Waals surface area (Å²) in [7, 11) is -3.48. The number of rotatable bonds is 6. The van der Waals surface area contributed by atoms with E-state index < -0.39 is 40.0 Å². The van der Waals surface area contributed by atoms with Crippen LogP contribution in [0.1, 0.15) is 32.6 Å². The van der Waals surface area contributed by atoms with E-state index in [1.807, 2.05) is 0 Å². The molecule has 9 heteroatoms. The van der Waals surface area contributed by atoms with E-state index in [0.29, 0.717) is 19.4 Å². The Bertz CT molecular complexity index is 502. The van der Waals surface area contributed by atoms with Crippen LogP contribution in [0.15, 0.2) is 0 Å². The van der Waals surface area contributed by atoms with Gasteiger partial charge in [-0.25, -0.2) is 8.42 Å². The van der Waals surface area contributed by atoms with Crippen LogP contribution >= 0.6 is 0 Å². The predicted molar refractivity (Wildman–Crippen MR) is 75.1 cm³/mol. The van der Waals surface area contributed by atoms with Crippen molar-refractivity contribution >= 4 is 21.9 Å². The largest absolute Gasteiger partial charge is 0.481 e. The first kappa shape index (κ1) is 17.9. The third-order valence-corrected chi connectivity index (χ3v) is 4.65. The van der Waals surface area contributed by atoms with Crippen molar-refractivity contribution in [2.45, 2.75) is 44.2 Å². The van der Waals surface area contributed by atoms with E-state index in [2.05, 4.69) is 5.32 Å². The van der Waals surface area contributed by atoms with Gasteiger partial charge in [0.2, 0.25) is 15.9 Å². The van der Waals surface area contributed by atoms with Crippen molar-refractivity contribution in [1.82, 2.24) is 9.62 Å². The number of hydrogen-bond acceptors (Lipinski definition) is 5. The molecule has 1 saturated heterocycles. The first-order valence-electron chi connectivity index (χ1n) is 6.72. The number of hydrogen-bond donors (Lipinski definition) is 3. The number of piperidine rings is 1. The molecule has 1 heterocycles. The SMILES string of the molecule is CC(O)(CNC(=O)C1CCCCN1S(C)(=O)=O)CC(=O)O. The second kappa shape index (κ2) is 6.71. The number of nitrogens with one attached hydrogen (secondary N) is 1. The highest BCUT2D eigenvalue weighted by Crippen LogP contribution is 2.20. The highest BCUT2D eigenvalue weighted by atomic mass is 32.2. The van der Waals surface area contributed by atoms with E-state index in [1.165, 1.54) is 6.92 Å². The molecule has 0 aromatic carbocycles. The van der Waals surface area contributed by atoms with Crippen molar-refractivity contribution in [2.24, 2.45) is 0 Å². The molecule has 0 bridgehead atoms. The van der Waals surface area contributed by atoms with Gasteiger partial charge in [0, 0.05) is 13.1 Å². The predicted octanol–water partition coefficient (Wildman–Crippen LogP) is -0.858. The second-order valence-electron chi connectivity index (χ2n) is 5.67. The van der Waals surface area contributed by atoms with E-state index in [1.54, 1.807) is 0 Å². The fraction of sp³-hybridized carbons (Fsp3) is 0.833. The van der Waals surface area contributed by atoms with E-state index in [0.717, 1.165) is 17.0 Å². The number of amides is 1.